The van der Waals surface area contributed by atoms with Gasteiger partial charge in [0.1, 0.15) is 11.6 Å². The molecule has 0 saturated carbocycles. The van der Waals surface area contributed by atoms with Crippen molar-refractivity contribution in [1.29, 1.82) is 5.26 Å². The van der Waals surface area contributed by atoms with Crippen molar-refractivity contribution in [1.82, 2.24) is 4.98 Å². The molecule has 5 nitrogen and oxygen atoms in total. The monoisotopic (exact) mass is 260 g/mol. The highest BCUT2D eigenvalue weighted by molar-refractivity contribution is 7.13. The van der Waals surface area contributed by atoms with Crippen molar-refractivity contribution in [3.05, 3.63) is 45.1 Å². The molecule has 0 fully saturated rings. The van der Waals surface area contributed by atoms with E-state index in [1.54, 1.807) is 6.07 Å². The smallest absolute Gasteiger partial charge is 0.339 e. The summed E-state index contributed by atoms with van der Waals surface area (Å²) in [5, 5.41) is 10.7. The average molecular weight is 260 g/mol. The van der Waals surface area contributed by atoms with Gasteiger partial charge in [-0.25, -0.2) is 4.79 Å². The van der Waals surface area contributed by atoms with E-state index in [9.17, 15) is 9.59 Å². The summed E-state index contributed by atoms with van der Waals surface area (Å²) < 4.78 is 4.57. The second-order valence-corrected chi connectivity index (χ2v) is 4.33. The quantitative estimate of drug-likeness (QED) is 0.834. The number of carbonyl (C=O) groups is 1. The van der Waals surface area contributed by atoms with Crippen molar-refractivity contribution >= 4 is 17.3 Å². The zero-order valence-electron chi connectivity index (χ0n) is 9.39. The van der Waals surface area contributed by atoms with Crippen molar-refractivity contribution in [2.75, 3.05) is 7.11 Å². The van der Waals surface area contributed by atoms with Crippen LogP contribution in [-0.4, -0.2) is 18.1 Å². The molecule has 2 heterocycles. The topological polar surface area (TPSA) is 83.0 Å². The summed E-state index contributed by atoms with van der Waals surface area (Å²) in [4.78, 5) is 26.7. The third-order valence-electron chi connectivity index (χ3n) is 2.34. The zero-order chi connectivity index (χ0) is 13.1. The molecule has 2 aromatic rings. The Hall–Kier alpha value is -2.39. The lowest BCUT2D eigenvalue weighted by Crippen LogP contribution is -2.17. The number of hydrogen-bond donors (Lipinski definition) is 1. The van der Waals surface area contributed by atoms with Crippen LogP contribution in [0.1, 0.15) is 15.9 Å². The summed E-state index contributed by atoms with van der Waals surface area (Å²) in [5.74, 6) is -0.699. The third kappa shape index (κ3) is 2.04. The highest BCUT2D eigenvalue weighted by atomic mass is 32.1. The van der Waals surface area contributed by atoms with Crippen LogP contribution in [0.3, 0.4) is 0 Å². The van der Waals surface area contributed by atoms with Gasteiger partial charge in [-0.3, -0.25) is 4.79 Å². The highest BCUT2D eigenvalue weighted by Crippen LogP contribution is 2.23. The second-order valence-electron chi connectivity index (χ2n) is 3.38. The number of esters is 1. The number of H-pyrrole nitrogens is 1. The van der Waals surface area contributed by atoms with Crippen LogP contribution in [0.5, 0.6) is 0 Å². The van der Waals surface area contributed by atoms with Crippen LogP contribution in [0.15, 0.2) is 28.4 Å². The van der Waals surface area contributed by atoms with Gasteiger partial charge in [0.15, 0.2) is 0 Å². The fraction of sp³-hybridized carbons (Fsp3) is 0.0833. The second kappa shape index (κ2) is 4.85. The Kier molecular flexibility index (Phi) is 3.26. The fourth-order valence-electron chi connectivity index (χ4n) is 1.51. The molecule has 0 amide bonds. The molecule has 0 saturated heterocycles. The van der Waals surface area contributed by atoms with E-state index in [0.717, 1.165) is 4.88 Å². The molecule has 0 aromatic carbocycles. The van der Waals surface area contributed by atoms with Gasteiger partial charge in [0, 0.05) is 0 Å². The Morgan fingerprint density at radius 3 is 2.89 bits per heavy atom. The SMILES string of the molecule is COC(=O)c1cc(-c2cccs2)[nH]c(=O)c1C#N. The minimum absolute atomic E-state index is 0.0212. The predicted molar refractivity (Wildman–Crippen MR) is 66.4 cm³/mol. The van der Waals surface area contributed by atoms with E-state index in [1.165, 1.54) is 24.5 Å². The number of pyridine rings is 1. The molecule has 0 aliphatic heterocycles. The molecule has 2 rings (SSSR count). The standard InChI is InChI=1S/C12H8N2O3S/c1-17-12(16)7-5-9(10-3-2-4-18-10)14-11(15)8(7)6-13/h2-5H,1H3,(H,14,15). The number of nitriles is 1. The minimum atomic E-state index is -0.699. The normalized spacial score (nSPS) is 9.78. The number of methoxy groups -OCH3 is 1. The number of thiophene rings is 1. The van der Waals surface area contributed by atoms with Crippen LogP contribution in [-0.2, 0) is 4.74 Å². The molecule has 0 atom stereocenters. The molecule has 6 heteroatoms. The van der Waals surface area contributed by atoms with Crippen molar-refractivity contribution in [2.24, 2.45) is 0 Å². The number of nitrogens with one attached hydrogen (secondary N) is 1. The first-order chi connectivity index (χ1) is 8.67. The number of ether oxygens (including phenoxy) is 1. The first-order valence-corrected chi connectivity index (χ1v) is 5.85. The third-order valence-corrected chi connectivity index (χ3v) is 3.24. The van der Waals surface area contributed by atoms with Crippen LogP contribution in [0.4, 0.5) is 0 Å². The van der Waals surface area contributed by atoms with Gasteiger partial charge in [-0.05, 0) is 17.5 Å². The minimum Gasteiger partial charge on any atom is -0.465 e. The Morgan fingerprint density at radius 1 is 1.56 bits per heavy atom. The molecule has 0 aliphatic rings. The molecule has 0 bridgehead atoms. The van der Waals surface area contributed by atoms with Gasteiger partial charge < -0.3 is 9.72 Å². The first kappa shape index (κ1) is 12.1. The van der Waals surface area contributed by atoms with E-state index in [-0.39, 0.29) is 11.1 Å². The lowest BCUT2D eigenvalue weighted by atomic mass is 10.1. The van der Waals surface area contributed by atoms with Crippen molar-refractivity contribution in [3.8, 4) is 16.6 Å². The Bertz CT molecular complexity index is 680. The highest BCUT2D eigenvalue weighted by Gasteiger charge is 2.17. The van der Waals surface area contributed by atoms with Gasteiger partial charge in [-0.2, -0.15) is 5.26 Å². The largest absolute Gasteiger partial charge is 0.465 e. The summed E-state index contributed by atoms with van der Waals surface area (Å²) in [6.07, 6.45) is 0. The van der Waals surface area contributed by atoms with Crippen molar-refractivity contribution in [3.63, 3.8) is 0 Å². The summed E-state index contributed by atoms with van der Waals surface area (Å²) in [7, 11) is 1.20. The van der Waals surface area contributed by atoms with Crippen LogP contribution in [0.25, 0.3) is 10.6 Å². The maximum atomic E-state index is 11.7. The van der Waals surface area contributed by atoms with Crippen LogP contribution >= 0.6 is 11.3 Å². The number of carbonyl (C=O) groups excluding carboxylic acids is 1. The molecule has 0 aliphatic carbocycles. The lowest BCUT2D eigenvalue weighted by Gasteiger charge is -2.04. The van der Waals surface area contributed by atoms with Gasteiger partial charge in [-0.1, -0.05) is 6.07 Å². The summed E-state index contributed by atoms with van der Waals surface area (Å²) >= 11 is 1.42. The van der Waals surface area contributed by atoms with Crippen LogP contribution in [0.2, 0.25) is 0 Å². The fourth-order valence-corrected chi connectivity index (χ4v) is 2.20. The summed E-state index contributed by atoms with van der Waals surface area (Å²) in [6.45, 7) is 0. The van der Waals surface area contributed by atoms with Crippen molar-refractivity contribution < 1.29 is 9.53 Å². The lowest BCUT2D eigenvalue weighted by molar-refractivity contribution is 0.0600. The number of aromatic nitrogens is 1. The van der Waals surface area contributed by atoms with Crippen LogP contribution < -0.4 is 5.56 Å². The average Bonchev–Trinajstić information content (AvgIpc) is 2.90. The van der Waals surface area contributed by atoms with Gasteiger partial charge >= 0.3 is 5.97 Å². The van der Waals surface area contributed by atoms with E-state index in [1.807, 2.05) is 17.5 Å². The van der Waals surface area contributed by atoms with E-state index in [2.05, 4.69) is 9.72 Å². The Labute approximate surface area is 106 Å². The summed E-state index contributed by atoms with van der Waals surface area (Å²) in [5.41, 5.74) is -0.354. The molecule has 2 aromatic heterocycles. The zero-order valence-corrected chi connectivity index (χ0v) is 10.2. The number of hydrogen-bond acceptors (Lipinski definition) is 5. The number of aromatic amines is 1. The van der Waals surface area contributed by atoms with Gasteiger partial charge in [-0.15, -0.1) is 11.3 Å². The molecule has 1 N–H and O–H groups in total. The number of nitrogens with zero attached hydrogens (tertiary/aromatic N) is 1. The number of rotatable bonds is 2. The van der Waals surface area contributed by atoms with Gasteiger partial charge in [0.05, 0.1) is 23.2 Å². The molecule has 0 spiro atoms. The van der Waals surface area contributed by atoms with E-state index < -0.39 is 11.5 Å². The van der Waals surface area contributed by atoms with Gasteiger partial charge in [0.2, 0.25) is 0 Å². The van der Waals surface area contributed by atoms with Gasteiger partial charge in [0.25, 0.3) is 5.56 Å². The van der Waals surface area contributed by atoms with E-state index in [0.29, 0.717) is 5.69 Å². The molecular weight excluding hydrogens is 252 g/mol. The molecule has 0 radical (unpaired) electrons. The molecule has 18 heavy (non-hydrogen) atoms. The van der Waals surface area contributed by atoms with Crippen molar-refractivity contribution in [2.45, 2.75) is 0 Å². The maximum Gasteiger partial charge on any atom is 0.339 e. The Morgan fingerprint density at radius 2 is 2.33 bits per heavy atom. The predicted octanol–water partition coefficient (Wildman–Crippen LogP) is 1.76. The van der Waals surface area contributed by atoms with E-state index >= 15 is 0 Å². The Balaban J connectivity index is 2.68. The van der Waals surface area contributed by atoms with E-state index in [4.69, 9.17) is 5.26 Å². The summed E-state index contributed by atoms with van der Waals surface area (Å²) in [6, 6.07) is 6.80. The maximum absolute atomic E-state index is 11.7. The molecule has 0 unspecified atom stereocenters. The first-order valence-electron chi connectivity index (χ1n) is 4.97. The molecule has 90 valence electrons. The molecular formula is C12H8N2O3S. The van der Waals surface area contributed by atoms with Crippen LogP contribution in [0, 0.1) is 11.3 Å².